The lowest BCUT2D eigenvalue weighted by Gasteiger charge is -2.09. The molecule has 1 aromatic carbocycles. The molecule has 0 aliphatic rings. The van der Waals surface area contributed by atoms with Crippen LogP contribution in [0.4, 0.5) is 4.39 Å². The highest BCUT2D eigenvalue weighted by atomic mass is 19.1. The Morgan fingerprint density at radius 3 is 2.47 bits per heavy atom. The van der Waals surface area contributed by atoms with E-state index in [1.54, 1.807) is 13.8 Å². The van der Waals surface area contributed by atoms with Crippen molar-refractivity contribution in [1.29, 1.82) is 0 Å². The number of hydrogen-bond acceptors (Lipinski definition) is 4. The van der Waals surface area contributed by atoms with Gasteiger partial charge in [0.25, 0.3) is 0 Å². The number of aryl methyl sites for hydroxylation is 1. The molecular weight excluding hydrogens is 251 g/mol. The van der Waals surface area contributed by atoms with Crippen LogP contribution in [0, 0.1) is 5.82 Å². The summed E-state index contributed by atoms with van der Waals surface area (Å²) in [6.07, 6.45) is 0.457. The van der Waals surface area contributed by atoms with Gasteiger partial charge in [-0.05, 0) is 38.0 Å². The average molecular weight is 268 g/mol. The van der Waals surface area contributed by atoms with Gasteiger partial charge in [-0.25, -0.2) is 9.18 Å². The molecule has 4 nitrogen and oxygen atoms in total. The quantitative estimate of drug-likeness (QED) is 0.744. The normalized spacial score (nSPS) is 10.1. The van der Waals surface area contributed by atoms with Crippen LogP contribution in [0.25, 0.3) is 0 Å². The number of carbonyl (C=O) groups is 2. The van der Waals surface area contributed by atoms with Crippen LogP contribution in [0.2, 0.25) is 0 Å². The number of benzene rings is 1. The number of halogens is 1. The maximum atomic E-state index is 13.2. The Morgan fingerprint density at radius 1 is 1.16 bits per heavy atom. The zero-order valence-electron chi connectivity index (χ0n) is 11.1. The predicted molar refractivity (Wildman–Crippen MR) is 67.3 cm³/mol. The van der Waals surface area contributed by atoms with Crippen molar-refractivity contribution in [3.8, 4) is 0 Å². The van der Waals surface area contributed by atoms with Gasteiger partial charge in [-0.3, -0.25) is 4.79 Å². The molecule has 0 atom stereocenters. The fourth-order valence-electron chi connectivity index (χ4n) is 1.64. The summed E-state index contributed by atoms with van der Waals surface area (Å²) in [5.41, 5.74) is 0.735. The highest BCUT2D eigenvalue weighted by Crippen LogP contribution is 2.15. The van der Waals surface area contributed by atoms with Crippen molar-refractivity contribution in [3.63, 3.8) is 0 Å². The van der Waals surface area contributed by atoms with E-state index in [0.29, 0.717) is 18.6 Å². The molecule has 0 aromatic heterocycles. The van der Waals surface area contributed by atoms with Gasteiger partial charge < -0.3 is 9.47 Å². The predicted octanol–water partition coefficient (Wildman–Crippen LogP) is 2.50. The van der Waals surface area contributed by atoms with Crippen molar-refractivity contribution < 1.29 is 23.5 Å². The van der Waals surface area contributed by atoms with Crippen molar-refractivity contribution in [1.82, 2.24) is 0 Å². The summed E-state index contributed by atoms with van der Waals surface area (Å²) < 4.78 is 22.8. The van der Waals surface area contributed by atoms with Gasteiger partial charge in [0.1, 0.15) is 5.82 Å². The fourth-order valence-corrected chi connectivity index (χ4v) is 1.64. The maximum absolute atomic E-state index is 13.2. The minimum absolute atomic E-state index is 0.145. The zero-order valence-corrected chi connectivity index (χ0v) is 11.1. The topological polar surface area (TPSA) is 52.6 Å². The Hall–Kier alpha value is -1.91. The Balaban J connectivity index is 2.82. The molecule has 1 aromatic rings. The Labute approximate surface area is 111 Å². The summed E-state index contributed by atoms with van der Waals surface area (Å²) in [5.74, 6) is -1.44. The zero-order chi connectivity index (χ0) is 14.3. The Kier molecular flexibility index (Phi) is 5.99. The first-order chi connectivity index (χ1) is 9.08. The van der Waals surface area contributed by atoms with E-state index < -0.39 is 11.8 Å². The van der Waals surface area contributed by atoms with Gasteiger partial charge in [0.2, 0.25) is 0 Å². The lowest BCUT2D eigenvalue weighted by atomic mass is 10.0. The van der Waals surface area contributed by atoms with E-state index in [1.807, 2.05) is 0 Å². The van der Waals surface area contributed by atoms with Crippen molar-refractivity contribution >= 4 is 11.9 Å². The van der Waals surface area contributed by atoms with Crippen LogP contribution < -0.4 is 0 Å². The van der Waals surface area contributed by atoms with Crippen molar-refractivity contribution in [2.24, 2.45) is 0 Å². The van der Waals surface area contributed by atoms with Crippen LogP contribution in [-0.2, 0) is 20.7 Å². The van der Waals surface area contributed by atoms with E-state index in [4.69, 9.17) is 9.47 Å². The van der Waals surface area contributed by atoms with Crippen LogP contribution in [0.15, 0.2) is 18.2 Å². The van der Waals surface area contributed by atoms with E-state index in [0.717, 1.165) is 6.07 Å². The summed E-state index contributed by atoms with van der Waals surface area (Å²) in [6.45, 7) is 3.93. The molecule has 1 rings (SSSR count). The minimum atomic E-state index is -0.583. The van der Waals surface area contributed by atoms with E-state index in [-0.39, 0.29) is 24.6 Å². The summed E-state index contributed by atoms with van der Waals surface area (Å²) in [5, 5.41) is 0. The molecule has 0 saturated heterocycles. The molecule has 0 N–H and O–H groups in total. The molecule has 104 valence electrons. The number of rotatable bonds is 6. The second-order valence-electron chi connectivity index (χ2n) is 3.83. The third-order valence-electron chi connectivity index (χ3n) is 2.47. The second-order valence-corrected chi connectivity index (χ2v) is 3.83. The lowest BCUT2D eigenvalue weighted by Crippen LogP contribution is -2.11. The SMILES string of the molecule is CCOC(=O)CCc1ccc(F)cc1C(=O)OCC. The van der Waals surface area contributed by atoms with Crippen molar-refractivity contribution in [3.05, 3.63) is 35.1 Å². The first-order valence-electron chi connectivity index (χ1n) is 6.19. The number of carbonyl (C=O) groups excluding carboxylic acids is 2. The summed E-state index contributed by atoms with van der Waals surface area (Å²) >= 11 is 0. The van der Waals surface area contributed by atoms with Gasteiger partial charge in [0.15, 0.2) is 0 Å². The molecule has 0 bridgehead atoms. The van der Waals surface area contributed by atoms with Gasteiger partial charge in [-0.2, -0.15) is 0 Å². The molecule has 5 heteroatoms. The first-order valence-corrected chi connectivity index (χ1v) is 6.19. The van der Waals surface area contributed by atoms with Crippen LogP contribution in [0.3, 0.4) is 0 Å². The standard InChI is InChI=1S/C14H17FO4/c1-3-18-13(16)8-6-10-5-7-11(15)9-12(10)14(17)19-4-2/h5,7,9H,3-4,6,8H2,1-2H3. The number of hydrogen-bond donors (Lipinski definition) is 0. The van der Waals surface area contributed by atoms with Gasteiger partial charge in [-0.15, -0.1) is 0 Å². The van der Waals surface area contributed by atoms with Crippen LogP contribution >= 0.6 is 0 Å². The molecule has 0 fully saturated rings. The molecule has 0 unspecified atom stereocenters. The van der Waals surface area contributed by atoms with E-state index in [9.17, 15) is 14.0 Å². The number of ether oxygens (including phenoxy) is 2. The minimum Gasteiger partial charge on any atom is -0.466 e. The smallest absolute Gasteiger partial charge is 0.338 e. The van der Waals surface area contributed by atoms with Crippen molar-refractivity contribution in [2.75, 3.05) is 13.2 Å². The molecule has 19 heavy (non-hydrogen) atoms. The third-order valence-corrected chi connectivity index (χ3v) is 2.47. The largest absolute Gasteiger partial charge is 0.466 e. The molecule has 0 amide bonds. The van der Waals surface area contributed by atoms with E-state index in [1.165, 1.54) is 12.1 Å². The first kappa shape index (κ1) is 15.1. The Morgan fingerprint density at radius 2 is 1.84 bits per heavy atom. The van der Waals surface area contributed by atoms with Crippen LogP contribution in [-0.4, -0.2) is 25.2 Å². The highest BCUT2D eigenvalue weighted by molar-refractivity contribution is 5.91. The molecule has 0 aliphatic heterocycles. The van der Waals surface area contributed by atoms with Gasteiger partial charge in [0, 0.05) is 6.42 Å². The lowest BCUT2D eigenvalue weighted by molar-refractivity contribution is -0.143. The monoisotopic (exact) mass is 268 g/mol. The molecule has 0 radical (unpaired) electrons. The van der Waals surface area contributed by atoms with Gasteiger partial charge in [-0.1, -0.05) is 6.07 Å². The van der Waals surface area contributed by atoms with E-state index in [2.05, 4.69) is 0 Å². The summed E-state index contributed by atoms with van der Waals surface area (Å²) in [6, 6.07) is 3.86. The maximum Gasteiger partial charge on any atom is 0.338 e. The summed E-state index contributed by atoms with van der Waals surface area (Å²) in [4.78, 5) is 23.0. The second kappa shape index (κ2) is 7.51. The third kappa shape index (κ3) is 4.69. The molecule has 0 spiro atoms. The summed E-state index contributed by atoms with van der Waals surface area (Å²) in [7, 11) is 0. The van der Waals surface area contributed by atoms with E-state index >= 15 is 0 Å². The fraction of sp³-hybridized carbons (Fsp3) is 0.429. The molecular formula is C14H17FO4. The number of esters is 2. The molecule has 0 aliphatic carbocycles. The van der Waals surface area contributed by atoms with Crippen LogP contribution in [0.1, 0.15) is 36.2 Å². The van der Waals surface area contributed by atoms with Crippen molar-refractivity contribution in [2.45, 2.75) is 26.7 Å². The molecule has 0 heterocycles. The Bertz CT molecular complexity index is 457. The van der Waals surface area contributed by atoms with Gasteiger partial charge in [0.05, 0.1) is 18.8 Å². The van der Waals surface area contributed by atoms with Gasteiger partial charge >= 0.3 is 11.9 Å². The van der Waals surface area contributed by atoms with Crippen LogP contribution in [0.5, 0.6) is 0 Å². The average Bonchev–Trinajstić information content (AvgIpc) is 2.38. The highest BCUT2D eigenvalue weighted by Gasteiger charge is 2.14. The molecule has 0 saturated carbocycles.